The molecule has 0 aliphatic rings. The number of rotatable bonds is 6. The summed E-state index contributed by atoms with van der Waals surface area (Å²) in [6.07, 6.45) is 0. The summed E-state index contributed by atoms with van der Waals surface area (Å²) in [5.41, 5.74) is 2.74. The molecule has 0 atom stereocenters. The Morgan fingerprint density at radius 2 is 1.93 bits per heavy atom. The number of aryl methyl sites for hydroxylation is 1. The molecule has 1 N–H and O–H groups in total. The van der Waals surface area contributed by atoms with E-state index in [2.05, 4.69) is 10.1 Å². The van der Waals surface area contributed by atoms with Gasteiger partial charge >= 0.3 is 5.97 Å². The Hall–Kier alpha value is -3.22. The number of hydrogen-bond donors (Lipinski definition) is 1. The van der Waals surface area contributed by atoms with Crippen LogP contribution in [0, 0.1) is 6.92 Å². The average Bonchev–Trinajstić information content (AvgIpc) is 3.01. The van der Waals surface area contributed by atoms with Gasteiger partial charge in [-0.15, -0.1) is 0 Å². The Kier molecular flexibility index (Phi) is 5.21. The van der Waals surface area contributed by atoms with Crippen LogP contribution in [-0.2, 0) is 11.3 Å². The zero-order valence-electron chi connectivity index (χ0n) is 15.5. The minimum atomic E-state index is -1.07. The van der Waals surface area contributed by atoms with E-state index in [9.17, 15) is 14.7 Å². The molecule has 0 bridgehead atoms. The van der Waals surface area contributed by atoms with Crippen molar-refractivity contribution in [2.24, 2.45) is 0 Å². The van der Waals surface area contributed by atoms with Gasteiger partial charge < -0.3 is 14.5 Å². The number of amides is 1. The number of carbonyl (C=O) groups is 2. The lowest BCUT2D eigenvalue weighted by Gasteiger charge is -2.22. The number of aliphatic carboxylic acids is 1. The van der Waals surface area contributed by atoms with Gasteiger partial charge in [0.05, 0.1) is 16.6 Å². The van der Waals surface area contributed by atoms with Crippen LogP contribution < -0.4 is 0 Å². The van der Waals surface area contributed by atoms with Gasteiger partial charge in [-0.3, -0.25) is 9.59 Å². The number of pyridine rings is 1. The Balaban J connectivity index is 2.07. The van der Waals surface area contributed by atoms with Crippen LogP contribution in [0.4, 0.5) is 0 Å². The van der Waals surface area contributed by atoms with E-state index >= 15 is 0 Å². The minimum Gasteiger partial charge on any atom is -0.480 e. The Morgan fingerprint density at radius 3 is 2.56 bits per heavy atom. The number of hydrogen-bond acceptors (Lipinski definition) is 5. The third-order valence-corrected chi connectivity index (χ3v) is 4.29. The van der Waals surface area contributed by atoms with Gasteiger partial charge in [-0.1, -0.05) is 49.3 Å². The predicted octanol–water partition coefficient (Wildman–Crippen LogP) is 3.38. The first-order chi connectivity index (χ1) is 12.9. The van der Waals surface area contributed by atoms with Crippen LogP contribution in [-0.4, -0.2) is 38.6 Å². The molecule has 2 heterocycles. The fourth-order valence-corrected chi connectivity index (χ4v) is 2.92. The second-order valence-corrected chi connectivity index (χ2v) is 6.74. The highest BCUT2D eigenvalue weighted by Gasteiger charge is 2.25. The zero-order chi connectivity index (χ0) is 19.6. The monoisotopic (exact) mass is 367 g/mol. The summed E-state index contributed by atoms with van der Waals surface area (Å²) in [6, 6.07) is 11.0. The van der Waals surface area contributed by atoms with Crippen LogP contribution in [0.15, 0.2) is 40.9 Å². The average molecular weight is 367 g/mol. The maximum atomic E-state index is 13.3. The molecule has 27 heavy (non-hydrogen) atoms. The Morgan fingerprint density at radius 1 is 1.22 bits per heavy atom. The molecule has 0 fully saturated rings. The van der Waals surface area contributed by atoms with Gasteiger partial charge in [0.2, 0.25) is 0 Å². The summed E-state index contributed by atoms with van der Waals surface area (Å²) in [4.78, 5) is 30.4. The lowest BCUT2D eigenvalue weighted by molar-refractivity contribution is -0.137. The molecule has 0 unspecified atom stereocenters. The maximum absolute atomic E-state index is 13.3. The molecule has 3 rings (SSSR count). The maximum Gasteiger partial charge on any atom is 0.323 e. The Bertz CT molecular complexity index is 980. The molecule has 2 aromatic heterocycles. The molecule has 140 valence electrons. The molecule has 3 aromatic rings. The minimum absolute atomic E-state index is 0.0772. The number of carbonyl (C=O) groups excluding carboxylic acids is 1. The molecule has 0 spiro atoms. The highest BCUT2D eigenvalue weighted by Crippen LogP contribution is 2.26. The number of aromatic nitrogens is 2. The van der Waals surface area contributed by atoms with Crippen LogP contribution in [0.5, 0.6) is 0 Å². The van der Waals surface area contributed by atoms with E-state index in [1.807, 2.05) is 44.2 Å². The van der Waals surface area contributed by atoms with Crippen LogP contribution in [0.2, 0.25) is 0 Å². The van der Waals surface area contributed by atoms with E-state index in [-0.39, 0.29) is 24.1 Å². The summed E-state index contributed by atoms with van der Waals surface area (Å²) in [5.74, 6) is -1.38. The van der Waals surface area contributed by atoms with Crippen molar-refractivity contribution in [3.05, 3.63) is 58.9 Å². The van der Waals surface area contributed by atoms with Crippen molar-refractivity contribution in [3.8, 4) is 0 Å². The molecule has 0 saturated carbocycles. The first kappa shape index (κ1) is 18.6. The third kappa shape index (κ3) is 3.97. The van der Waals surface area contributed by atoms with Crippen molar-refractivity contribution in [3.63, 3.8) is 0 Å². The van der Waals surface area contributed by atoms with Gasteiger partial charge in [0, 0.05) is 12.2 Å². The van der Waals surface area contributed by atoms with Crippen LogP contribution in [0.3, 0.4) is 0 Å². The molecule has 1 aromatic carbocycles. The van der Waals surface area contributed by atoms with E-state index in [0.717, 1.165) is 5.56 Å². The van der Waals surface area contributed by atoms with E-state index in [1.165, 1.54) is 4.90 Å². The molecule has 0 aliphatic carbocycles. The van der Waals surface area contributed by atoms with Crippen LogP contribution in [0.25, 0.3) is 11.1 Å². The summed E-state index contributed by atoms with van der Waals surface area (Å²) in [5, 5.41) is 13.7. The number of fused-ring (bicyclic) bond motifs is 1. The second kappa shape index (κ2) is 7.57. The topological polar surface area (TPSA) is 96.5 Å². The number of nitrogens with zero attached hydrogens (tertiary/aromatic N) is 3. The molecule has 0 saturated heterocycles. The number of benzene rings is 1. The van der Waals surface area contributed by atoms with Crippen molar-refractivity contribution in [1.29, 1.82) is 0 Å². The standard InChI is InChI=1S/C20H21N3O4/c1-12(2)16-9-15(18-13(3)22-27-19(18)21-16)20(26)23(11-17(24)25)10-14-7-5-4-6-8-14/h4-9,12H,10-11H2,1-3H3,(H,24,25). The van der Waals surface area contributed by atoms with Crippen LogP contribution in [0.1, 0.15) is 47.1 Å². The van der Waals surface area contributed by atoms with Gasteiger partial charge in [0.1, 0.15) is 6.54 Å². The zero-order valence-corrected chi connectivity index (χ0v) is 15.5. The van der Waals surface area contributed by atoms with Crippen molar-refractivity contribution in [2.45, 2.75) is 33.2 Å². The Labute approximate surface area is 156 Å². The lowest BCUT2D eigenvalue weighted by atomic mass is 10.0. The summed E-state index contributed by atoms with van der Waals surface area (Å²) in [7, 11) is 0. The summed E-state index contributed by atoms with van der Waals surface area (Å²) >= 11 is 0. The molecule has 0 aliphatic heterocycles. The fraction of sp³-hybridized carbons (Fsp3) is 0.300. The molecule has 1 amide bonds. The van der Waals surface area contributed by atoms with Crippen molar-refractivity contribution >= 4 is 23.0 Å². The van der Waals surface area contributed by atoms with E-state index in [0.29, 0.717) is 22.3 Å². The van der Waals surface area contributed by atoms with Crippen molar-refractivity contribution < 1.29 is 19.2 Å². The molecule has 7 nitrogen and oxygen atoms in total. The smallest absolute Gasteiger partial charge is 0.323 e. The van der Waals surface area contributed by atoms with Crippen molar-refractivity contribution in [1.82, 2.24) is 15.0 Å². The normalized spacial score (nSPS) is 11.1. The molecular formula is C20H21N3O4. The van der Waals surface area contributed by atoms with Gasteiger partial charge in [-0.25, -0.2) is 4.98 Å². The fourth-order valence-electron chi connectivity index (χ4n) is 2.92. The first-order valence-corrected chi connectivity index (χ1v) is 8.68. The predicted molar refractivity (Wildman–Crippen MR) is 99.4 cm³/mol. The van der Waals surface area contributed by atoms with Gasteiger partial charge in [-0.2, -0.15) is 0 Å². The SMILES string of the molecule is Cc1noc2nc(C(C)C)cc(C(=O)N(CC(=O)O)Cc3ccccc3)c12. The highest BCUT2D eigenvalue weighted by atomic mass is 16.5. The number of carboxylic acid groups (broad SMARTS) is 1. The van der Waals surface area contributed by atoms with E-state index in [1.54, 1.807) is 13.0 Å². The van der Waals surface area contributed by atoms with Gasteiger partial charge in [0.25, 0.3) is 11.6 Å². The number of carboxylic acids is 1. The van der Waals surface area contributed by atoms with Crippen LogP contribution >= 0.6 is 0 Å². The summed E-state index contributed by atoms with van der Waals surface area (Å²) in [6.45, 7) is 5.45. The van der Waals surface area contributed by atoms with E-state index < -0.39 is 12.5 Å². The molecule has 0 radical (unpaired) electrons. The first-order valence-electron chi connectivity index (χ1n) is 8.68. The largest absolute Gasteiger partial charge is 0.480 e. The third-order valence-electron chi connectivity index (χ3n) is 4.29. The molecular weight excluding hydrogens is 346 g/mol. The summed E-state index contributed by atoms with van der Waals surface area (Å²) < 4.78 is 5.26. The van der Waals surface area contributed by atoms with E-state index in [4.69, 9.17) is 4.52 Å². The van der Waals surface area contributed by atoms with Crippen molar-refractivity contribution in [2.75, 3.05) is 6.54 Å². The highest BCUT2D eigenvalue weighted by molar-refractivity contribution is 6.06. The van der Waals surface area contributed by atoms with Gasteiger partial charge in [0.15, 0.2) is 0 Å². The second-order valence-electron chi connectivity index (χ2n) is 6.74. The lowest BCUT2D eigenvalue weighted by Crippen LogP contribution is -2.35. The quantitative estimate of drug-likeness (QED) is 0.717. The van der Waals surface area contributed by atoms with Gasteiger partial charge in [-0.05, 0) is 24.5 Å². The molecule has 7 heteroatoms.